The summed E-state index contributed by atoms with van der Waals surface area (Å²) in [5.74, 6) is 1.38. The molecule has 0 spiro atoms. The number of likely N-dealkylation sites (tertiary alicyclic amines) is 1. The van der Waals surface area contributed by atoms with Crippen LogP contribution in [0.25, 0.3) is 0 Å². The zero-order valence-corrected chi connectivity index (χ0v) is 16.6. The van der Waals surface area contributed by atoms with Crippen LogP contribution < -0.4 is 5.32 Å². The first-order chi connectivity index (χ1) is 14.2. The predicted octanol–water partition coefficient (Wildman–Crippen LogP) is 3.61. The van der Waals surface area contributed by atoms with Gasteiger partial charge in [-0.2, -0.15) is 0 Å². The van der Waals surface area contributed by atoms with E-state index in [1.807, 2.05) is 35.2 Å². The standard InChI is InChI=1S/C21H21ClN6O/c22-17-5-3-15(4-6-17)12-20(29)28-11-1-2-16(14-28)18-7-8-25-21(26-18)27-19-13-23-9-10-24-19/h3-10,13,16H,1-2,11-12,14H2,(H,24,25,26,27). The SMILES string of the molecule is O=C(Cc1ccc(Cl)cc1)N1CCCC(c2ccnc(Nc3cnccn3)n2)C1. The second-order valence-corrected chi connectivity index (χ2v) is 7.44. The predicted molar refractivity (Wildman–Crippen MR) is 111 cm³/mol. The number of carbonyl (C=O) groups excluding carboxylic acids is 1. The average molecular weight is 409 g/mol. The fourth-order valence-electron chi connectivity index (χ4n) is 3.47. The van der Waals surface area contributed by atoms with Crippen molar-refractivity contribution in [2.24, 2.45) is 0 Å². The maximum Gasteiger partial charge on any atom is 0.228 e. The van der Waals surface area contributed by atoms with Crippen molar-refractivity contribution in [1.82, 2.24) is 24.8 Å². The van der Waals surface area contributed by atoms with Gasteiger partial charge in [0.1, 0.15) is 0 Å². The molecule has 1 aliphatic rings. The fourth-order valence-corrected chi connectivity index (χ4v) is 3.60. The molecule has 1 atom stereocenters. The molecule has 0 saturated carbocycles. The molecule has 1 aromatic carbocycles. The number of nitrogens with zero attached hydrogens (tertiary/aromatic N) is 5. The Bertz CT molecular complexity index is 966. The van der Waals surface area contributed by atoms with E-state index in [2.05, 4.69) is 25.3 Å². The van der Waals surface area contributed by atoms with Gasteiger partial charge in [-0.25, -0.2) is 15.0 Å². The summed E-state index contributed by atoms with van der Waals surface area (Å²) < 4.78 is 0. The van der Waals surface area contributed by atoms with Crippen LogP contribution in [0, 0.1) is 0 Å². The monoisotopic (exact) mass is 408 g/mol. The molecule has 1 N–H and O–H groups in total. The molecule has 7 nitrogen and oxygen atoms in total. The number of carbonyl (C=O) groups is 1. The molecule has 29 heavy (non-hydrogen) atoms. The summed E-state index contributed by atoms with van der Waals surface area (Å²) >= 11 is 5.93. The largest absolute Gasteiger partial charge is 0.342 e. The van der Waals surface area contributed by atoms with Crippen LogP contribution in [-0.4, -0.2) is 43.8 Å². The zero-order chi connectivity index (χ0) is 20.1. The van der Waals surface area contributed by atoms with Gasteiger partial charge < -0.3 is 10.2 Å². The normalized spacial score (nSPS) is 16.4. The van der Waals surface area contributed by atoms with Crippen molar-refractivity contribution in [1.29, 1.82) is 0 Å². The number of amides is 1. The van der Waals surface area contributed by atoms with Crippen LogP contribution in [0.5, 0.6) is 0 Å². The van der Waals surface area contributed by atoms with Gasteiger partial charge in [0.25, 0.3) is 0 Å². The summed E-state index contributed by atoms with van der Waals surface area (Å²) in [4.78, 5) is 31.8. The van der Waals surface area contributed by atoms with E-state index in [-0.39, 0.29) is 11.8 Å². The highest BCUT2D eigenvalue weighted by Gasteiger charge is 2.26. The van der Waals surface area contributed by atoms with Gasteiger partial charge in [0.2, 0.25) is 11.9 Å². The maximum absolute atomic E-state index is 12.8. The Morgan fingerprint density at radius 3 is 2.79 bits per heavy atom. The fraction of sp³-hybridized carbons (Fsp3) is 0.286. The molecule has 0 bridgehead atoms. The Morgan fingerprint density at radius 2 is 2.00 bits per heavy atom. The Morgan fingerprint density at radius 1 is 1.14 bits per heavy atom. The first-order valence-electron chi connectivity index (χ1n) is 9.55. The third-order valence-corrected chi connectivity index (χ3v) is 5.19. The van der Waals surface area contributed by atoms with E-state index in [0.29, 0.717) is 29.8 Å². The first-order valence-corrected chi connectivity index (χ1v) is 9.93. The number of halogens is 1. The topological polar surface area (TPSA) is 83.9 Å². The summed E-state index contributed by atoms with van der Waals surface area (Å²) in [6.07, 6.45) is 8.90. The number of hydrogen-bond donors (Lipinski definition) is 1. The van der Waals surface area contributed by atoms with Gasteiger partial charge in [-0.15, -0.1) is 0 Å². The second kappa shape index (κ2) is 8.96. The molecule has 8 heteroatoms. The van der Waals surface area contributed by atoms with E-state index in [1.54, 1.807) is 24.8 Å². The van der Waals surface area contributed by atoms with Gasteiger partial charge in [-0.1, -0.05) is 23.7 Å². The van der Waals surface area contributed by atoms with Crippen LogP contribution in [0.15, 0.2) is 55.1 Å². The summed E-state index contributed by atoms with van der Waals surface area (Å²) in [6, 6.07) is 9.35. The Labute approximate surface area is 174 Å². The molecule has 3 heterocycles. The molecule has 0 radical (unpaired) electrons. The molecule has 1 aliphatic heterocycles. The number of anilines is 2. The minimum absolute atomic E-state index is 0.129. The molecule has 1 unspecified atom stereocenters. The van der Waals surface area contributed by atoms with Gasteiger partial charge in [0.15, 0.2) is 5.82 Å². The smallest absolute Gasteiger partial charge is 0.228 e. The van der Waals surface area contributed by atoms with Crippen LogP contribution in [0.1, 0.15) is 30.0 Å². The van der Waals surface area contributed by atoms with E-state index < -0.39 is 0 Å². The van der Waals surface area contributed by atoms with Crippen LogP contribution in [0.4, 0.5) is 11.8 Å². The van der Waals surface area contributed by atoms with Gasteiger partial charge in [-0.3, -0.25) is 9.78 Å². The molecular weight excluding hydrogens is 388 g/mol. The summed E-state index contributed by atoms with van der Waals surface area (Å²) in [6.45, 7) is 1.44. The number of nitrogens with one attached hydrogen (secondary N) is 1. The Hall–Kier alpha value is -3.06. The zero-order valence-electron chi connectivity index (χ0n) is 15.8. The minimum atomic E-state index is 0.129. The summed E-state index contributed by atoms with van der Waals surface area (Å²) in [5.41, 5.74) is 1.90. The molecule has 1 fully saturated rings. The third kappa shape index (κ3) is 5.06. The van der Waals surface area contributed by atoms with Crippen molar-refractivity contribution < 1.29 is 4.79 Å². The quantitative estimate of drug-likeness (QED) is 0.694. The van der Waals surface area contributed by atoms with Gasteiger partial charge in [0, 0.05) is 42.6 Å². The number of rotatable bonds is 5. The lowest BCUT2D eigenvalue weighted by molar-refractivity contribution is -0.131. The van der Waals surface area contributed by atoms with E-state index in [9.17, 15) is 4.79 Å². The van der Waals surface area contributed by atoms with Crippen molar-refractivity contribution in [3.63, 3.8) is 0 Å². The van der Waals surface area contributed by atoms with Crippen molar-refractivity contribution in [3.8, 4) is 0 Å². The number of piperidine rings is 1. The second-order valence-electron chi connectivity index (χ2n) is 7.00. The molecule has 148 valence electrons. The van der Waals surface area contributed by atoms with E-state index >= 15 is 0 Å². The minimum Gasteiger partial charge on any atom is -0.342 e. The number of aromatic nitrogens is 4. The van der Waals surface area contributed by atoms with Gasteiger partial charge in [0.05, 0.1) is 18.3 Å². The summed E-state index contributed by atoms with van der Waals surface area (Å²) in [7, 11) is 0. The molecule has 3 aromatic rings. The van der Waals surface area contributed by atoms with E-state index in [4.69, 9.17) is 11.6 Å². The lowest BCUT2D eigenvalue weighted by Gasteiger charge is -2.32. The number of benzene rings is 1. The maximum atomic E-state index is 12.8. The highest BCUT2D eigenvalue weighted by molar-refractivity contribution is 6.30. The molecular formula is C21H21ClN6O. The van der Waals surface area contributed by atoms with Crippen molar-refractivity contribution in [3.05, 3.63) is 71.4 Å². The lowest BCUT2D eigenvalue weighted by atomic mass is 9.94. The van der Waals surface area contributed by atoms with E-state index in [0.717, 1.165) is 30.6 Å². The van der Waals surface area contributed by atoms with Crippen LogP contribution in [-0.2, 0) is 11.2 Å². The highest BCUT2D eigenvalue weighted by Crippen LogP contribution is 2.26. The molecule has 1 saturated heterocycles. The third-order valence-electron chi connectivity index (χ3n) is 4.94. The summed E-state index contributed by atoms with van der Waals surface area (Å²) in [5, 5.41) is 3.74. The van der Waals surface area contributed by atoms with Crippen molar-refractivity contribution in [2.45, 2.75) is 25.2 Å². The Kier molecular flexibility index (Phi) is 5.95. The first kappa shape index (κ1) is 19.3. The van der Waals surface area contributed by atoms with Crippen molar-refractivity contribution in [2.75, 3.05) is 18.4 Å². The van der Waals surface area contributed by atoms with Gasteiger partial charge in [-0.05, 0) is 36.6 Å². The molecule has 4 rings (SSSR count). The van der Waals surface area contributed by atoms with Crippen LogP contribution >= 0.6 is 11.6 Å². The highest BCUT2D eigenvalue weighted by atomic mass is 35.5. The van der Waals surface area contributed by atoms with Crippen LogP contribution in [0.2, 0.25) is 5.02 Å². The molecule has 2 aromatic heterocycles. The number of hydrogen-bond acceptors (Lipinski definition) is 6. The van der Waals surface area contributed by atoms with Crippen LogP contribution in [0.3, 0.4) is 0 Å². The lowest BCUT2D eigenvalue weighted by Crippen LogP contribution is -2.40. The van der Waals surface area contributed by atoms with E-state index in [1.165, 1.54) is 0 Å². The van der Waals surface area contributed by atoms with Gasteiger partial charge >= 0.3 is 0 Å². The molecule has 0 aliphatic carbocycles. The average Bonchev–Trinajstić information content (AvgIpc) is 2.76. The molecule has 1 amide bonds. The van der Waals surface area contributed by atoms with Crippen molar-refractivity contribution >= 4 is 29.3 Å². The Balaban J connectivity index is 1.42.